The molecule has 0 saturated carbocycles. The number of aromatic nitrogens is 6. The van der Waals surface area contributed by atoms with Gasteiger partial charge in [-0.2, -0.15) is 10.5 Å². The number of halogens is 1. The Hall–Kier alpha value is -14.6. The maximum Gasteiger partial charge on any atom is 0.495 e. The van der Waals surface area contributed by atoms with Crippen LogP contribution in [0.4, 0.5) is 0 Å². The molecule has 1 aliphatic rings. The average molecular weight is 1700 g/mol. The lowest BCUT2D eigenvalue weighted by molar-refractivity contribution is 0.00578. The molecule has 1 fully saturated rings. The number of benzene rings is 16. The largest absolute Gasteiger partial charge is 0.495 e. The van der Waals surface area contributed by atoms with E-state index in [-0.39, 0.29) is 0 Å². The molecule has 16 aromatic carbocycles. The van der Waals surface area contributed by atoms with Gasteiger partial charge in [0.15, 0.2) is 34.9 Å². The second-order valence-corrected chi connectivity index (χ2v) is 34.5. The number of hydrogen-bond donors (Lipinski definition) is 0. The van der Waals surface area contributed by atoms with E-state index in [1.165, 1.54) is 62.6 Å². The van der Waals surface area contributed by atoms with Crippen molar-refractivity contribution < 1.29 is 9.31 Å². The Balaban J connectivity index is 0.000000134. The van der Waals surface area contributed by atoms with Gasteiger partial charge in [0.05, 0.1) is 34.5 Å². The number of fused-ring (bicyclic) bond motifs is 6. The fourth-order valence-corrected chi connectivity index (χ4v) is 18.3. The van der Waals surface area contributed by atoms with Gasteiger partial charge in [0.2, 0.25) is 0 Å². The van der Waals surface area contributed by atoms with Gasteiger partial charge in [-0.3, -0.25) is 0 Å². The highest BCUT2D eigenvalue weighted by Crippen LogP contribution is 2.48. The highest BCUT2D eigenvalue weighted by Gasteiger charge is 2.52. The number of thiophene rings is 2. The zero-order valence-electron chi connectivity index (χ0n) is 68.1. The van der Waals surface area contributed by atoms with Crippen molar-refractivity contribution in [3.8, 4) is 158 Å². The van der Waals surface area contributed by atoms with Crippen molar-refractivity contribution in [1.82, 2.24) is 29.9 Å². The minimum atomic E-state index is -0.492. The first-order valence-electron chi connectivity index (χ1n) is 41.0. The van der Waals surface area contributed by atoms with Gasteiger partial charge in [-0.25, -0.2) is 29.9 Å². The maximum absolute atomic E-state index is 9.18. The van der Waals surface area contributed by atoms with Crippen molar-refractivity contribution in [2.24, 2.45) is 0 Å². The van der Waals surface area contributed by atoms with Gasteiger partial charge in [0.25, 0.3) is 0 Å². The van der Waals surface area contributed by atoms with Gasteiger partial charge >= 0.3 is 7.12 Å². The second kappa shape index (κ2) is 34.5. The molecule has 14 heteroatoms. The summed E-state index contributed by atoms with van der Waals surface area (Å²) < 4.78 is 19.3. The minimum Gasteiger partial charge on any atom is -0.399 e. The monoisotopic (exact) mass is 1690 g/mol. The van der Waals surface area contributed by atoms with E-state index in [1.807, 2.05) is 205 Å². The van der Waals surface area contributed by atoms with Gasteiger partial charge in [-0.05, 0) is 172 Å². The van der Waals surface area contributed by atoms with E-state index in [2.05, 4.69) is 262 Å². The van der Waals surface area contributed by atoms with E-state index in [4.69, 9.17) is 44.5 Å². The van der Waals surface area contributed by atoms with Crippen LogP contribution in [0.3, 0.4) is 0 Å². The van der Waals surface area contributed by atoms with Crippen LogP contribution in [0.5, 0.6) is 0 Å². The smallest absolute Gasteiger partial charge is 0.399 e. The summed E-state index contributed by atoms with van der Waals surface area (Å²) >= 11 is 7.09. The molecule has 0 spiro atoms. The lowest BCUT2D eigenvalue weighted by atomic mass is 9.73. The van der Waals surface area contributed by atoms with E-state index in [1.54, 1.807) is 0 Å². The predicted octanol–water partition coefficient (Wildman–Crippen LogP) is 28.6. The summed E-state index contributed by atoms with van der Waals surface area (Å²) in [4.78, 5) is 29.6. The van der Waals surface area contributed by atoms with Crippen molar-refractivity contribution in [2.75, 3.05) is 0 Å². The molecule has 0 atom stereocenters. The lowest BCUT2D eigenvalue weighted by Gasteiger charge is -2.32. The molecule has 5 heterocycles. The van der Waals surface area contributed by atoms with Crippen LogP contribution in [0.15, 0.2) is 393 Å². The number of hydrogen-bond acceptors (Lipinski definition) is 12. The summed E-state index contributed by atoms with van der Waals surface area (Å²) in [5, 5.41) is 23.0. The Kier molecular flexibility index (Phi) is 22.0. The van der Waals surface area contributed by atoms with Crippen molar-refractivity contribution >= 4 is 91.5 Å². The molecule has 0 amide bonds. The molecule has 0 radical (unpaired) electrons. The highest BCUT2D eigenvalue weighted by molar-refractivity contribution is 9.10. The Morgan fingerprint density at radius 1 is 0.258 bits per heavy atom. The molecular formula is C110H76BBrN8O2S2. The second-order valence-electron chi connectivity index (χ2n) is 31.4. The standard InChI is InChI=1S/C52H32N4S.C39H32BN3O2S.C19H12BrN/c53-33-34-15-17-35(18-16-34)36-19-21-37(22-20-36)38-23-25-39(26-24-38)44-31-32-47-49(45-13-7-8-14-46(45)57-47)48(44)40-27-29-43(30-28-40)52-55-50(41-9-3-1-4-10-41)54-51(56-52)42-11-5-2-6-12-42;1-38(2)39(3,4)45-40(44-38)30-23-24-32-34(29-17-11-12-18-31(29)46-32)33(30)25-19-21-28(22-20-25)37-42-35(26-13-7-5-8-14-26)41-36(43-37)27-15-9-6-10-16-27;20-19-11-9-18(10-12-19)17-7-5-16(6-8-17)15-3-1-14(13-21)2-4-15/h1-32H;5-24H,1-4H3;1-12H. The van der Waals surface area contributed by atoms with Crippen LogP contribution in [0, 0.1) is 22.7 Å². The van der Waals surface area contributed by atoms with Crippen molar-refractivity contribution in [3.63, 3.8) is 0 Å². The van der Waals surface area contributed by atoms with Crippen LogP contribution in [0.25, 0.3) is 187 Å². The molecule has 0 aliphatic carbocycles. The summed E-state index contributed by atoms with van der Waals surface area (Å²) in [5.74, 6) is 3.84. The molecule has 1 saturated heterocycles. The number of rotatable bonds is 14. The van der Waals surface area contributed by atoms with E-state index in [9.17, 15) is 5.26 Å². The fourth-order valence-electron chi connectivity index (χ4n) is 15.8. The van der Waals surface area contributed by atoms with Crippen molar-refractivity contribution in [2.45, 2.75) is 38.9 Å². The molecule has 4 aromatic heterocycles. The molecule has 0 unspecified atom stereocenters. The van der Waals surface area contributed by atoms with Crippen LogP contribution >= 0.6 is 38.6 Å². The first kappa shape index (κ1) is 79.2. The zero-order valence-corrected chi connectivity index (χ0v) is 71.3. The van der Waals surface area contributed by atoms with Crippen LogP contribution in [-0.2, 0) is 9.31 Å². The predicted molar refractivity (Wildman–Crippen MR) is 515 cm³/mol. The van der Waals surface area contributed by atoms with Crippen molar-refractivity contribution in [3.05, 3.63) is 404 Å². The third-order valence-electron chi connectivity index (χ3n) is 23.1. The number of nitriles is 2. The Bertz CT molecular complexity index is 7250. The summed E-state index contributed by atoms with van der Waals surface area (Å²) in [6, 6.07) is 138. The van der Waals surface area contributed by atoms with Gasteiger partial charge in [0, 0.05) is 78.2 Å². The Morgan fingerprint density at radius 2 is 0.516 bits per heavy atom. The van der Waals surface area contributed by atoms with Gasteiger partial charge in [0.1, 0.15) is 0 Å². The van der Waals surface area contributed by atoms with Crippen LogP contribution in [-0.4, -0.2) is 48.2 Å². The minimum absolute atomic E-state index is 0.448. The van der Waals surface area contributed by atoms with Crippen molar-refractivity contribution in [1.29, 1.82) is 10.5 Å². The first-order chi connectivity index (χ1) is 60.7. The SMILES string of the molecule is CC1(C)OB(c2ccc3sc4ccccc4c3c2-c2ccc(-c3nc(-c4ccccc4)nc(-c4ccccc4)n3)cc2)OC1(C)C.N#Cc1ccc(-c2ccc(-c3ccc(-c4ccc5sc6ccccc6c5c4-c4ccc(-c5nc(-c6ccccc6)nc(-c6ccccc6)n5)cc4)cc3)cc2)cc1.N#Cc1ccc(-c2ccc(-c3ccc(Br)cc3)cc2)cc1. The molecule has 10 nitrogen and oxygen atoms in total. The van der Waals surface area contributed by atoms with Gasteiger partial charge in [-0.15, -0.1) is 22.7 Å². The van der Waals surface area contributed by atoms with Crippen LogP contribution in [0.1, 0.15) is 38.8 Å². The molecule has 124 heavy (non-hydrogen) atoms. The fraction of sp³-hybridized carbons (Fsp3) is 0.0545. The van der Waals surface area contributed by atoms with Crippen LogP contribution < -0.4 is 5.46 Å². The topological polar surface area (TPSA) is 143 Å². The summed E-state index contributed by atoms with van der Waals surface area (Å²) in [6.45, 7) is 8.40. The highest BCUT2D eigenvalue weighted by atomic mass is 79.9. The average Bonchev–Trinajstić information content (AvgIpc) is 1.57. The van der Waals surface area contributed by atoms with E-state index in [0.29, 0.717) is 46.1 Å². The van der Waals surface area contributed by atoms with E-state index >= 15 is 0 Å². The molecule has 0 N–H and O–H groups in total. The molecule has 21 rings (SSSR count). The third-order valence-corrected chi connectivity index (χ3v) is 25.9. The zero-order chi connectivity index (χ0) is 84.3. The molecule has 590 valence electrons. The van der Waals surface area contributed by atoms with E-state index in [0.717, 1.165) is 99.0 Å². The van der Waals surface area contributed by atoms with Gasteiger partial charge < -0.3 is 9.31 Å². The lowest BCUT2D eigenvalue weighted by Crippen LogP contribution is -2.41. The molecule has 20 aromatic rings. The molecule has 0 bridgehead atoms. The van der Waals surface area contributed by atoms with Gasteiger partial charge in [-0.1, -0.05) is 344 Å². The third kappa shape index (κ3) is 16.4. The molecule has 1 aliphatic heterocycles. The maximum atomic E-state index is 9.18. The summed E-state index contributed by atoms with van der Waals surface area (Å²) in [5.41, 5.74) is 23.2. The Labute approximate surface area is 736 Å². The quantitative estimate of drug-likeness (QED) is 0.0965. The summed E-state index contributed by atoms with van der Waals surface area (Å²) in [6.07, 6.45) is 0. The summed E-state index contributed by atoms with van der Waals surface area (Å²) in [7, 11) is -0.492. The van der Waals surface area contributed by atoms with Crippen LogP contribution in [0.2, 0.25) is 0 Å². The first-order valence-corrected chi connectivity index (χ1v) is 43.4. The van der Waals surface area contributed by atoms with E-state index < -0.39 is 18.3 Å². The number of nitrogens with zero attached hydrogens (tertiary/aromatic N) is 8. The normalized spacial score (nSPS) is 12.6. The Morgan fingerprint density at radius 3 is 0.855 bits per heavy atom. The molecular weight excluding hydrogens is 1620 g/mol.